The smallest absolute Gasteiger partial charge is 0.322 e. The fraction of sp³-hybridized carbons (Fsp3) is 0.458. The summed E-state index contributed by atoms with van der Waals surface area (Å²) < 4.78 is 10.8. The van der Waals surface area contributed by atoms with Crippen LogP contribution in [0.1, 0.15) is 42.4 Å². The Bertz CT molecular complexity index is 936. The van der Waals surface area contributed by atoms with E-state index in [1.165, 1.54) is 5.56 Å². The summed E-state index contributed by atoms with van der Waals surface area (Å²) >= 11 is 0. The molecule has 0 spiro atoms. The molecule has 0 bridgehead atoms. The van der Waals surface area contributed by atoms with E-state index in [9.17, 15) is 4.79 Å². The van der Waals surface area contributed by atoms with E-state index < -0.39 is 0 Å². The first-order chi connectivity index (χ1) is 14.5. The first kappa shape index (κ1) is 20.4. The Hall–Kier alpha value is -2.89. The molecule has 0 radical (unpaired) electrons. The number of aryl methyl sites for hydroxylation is 2. The molecular formula is C24H31N3O3. The number of anilines is 2. The number of rotatable bonds is 5. The molecule has 1 aliphatic heterocycles. The molecule has 160 valence electrons. The number of benzene rings is 2. The molecule has 1 fully saturated rings. The molecule has 4 rings (SSSR count). The number of hydrogen-bond acceptors (Lipinski definition) is 4. The molecule has 1 aliphatic carbocycles. The fourth-order valence-corrected chi connectivity index (χ4v) is 4.69. The van der Waals surface area contributed by atoms with Crippen molar-refractivity contribution in [3.05, 3.63) is 47.0 Å². The van der Waals surface area contributed by atoms with Crippen LogP contribution in [0.5, 0.6) is 11.5 Å². The quantitative estimate of drug-likeness (QED) is 0.722. The predicted molar refractivity (Wildman–Crippen MR) is 120 cm³/mol. The summed E-state index contributed by atoms with van der Waals surface area (Å²) in [4.78, 5) is 14.8. The number of carbonyl (C=O) groups is 1. The maximum atomic E-state index is 12.8. The van der Waals surface area contributed by atoms with Crippen LogP contribution < -0.4 is 20.1 Å². The zero-order chi connectivity index (χ0) is 21.3. The SMILES string of the molecule is COc1ccc(NC2CCC(N3Cc4c(C)ccc(OC)c4NC3=O)CC2)cc1C. The van der Waals surface area contributed by atoms with Gasteiger partial charge in [-0.2, -0.15) is 0 Å². The average Bonchev–Trinajstić information content (AvgIpc) is 2.75. The van der Waals surface area contributed by atoms with Gasteiger partial charge in [0.25, 0.3) is 0 Å². The van der Waals surface area contributed by atoms with Crippen molar-refractivity contribution in [1.82, 2.24) is 4.90 Å². The lowest BCUT2D eigenvalue weighted by Crippen LogP contribution is -2.47. The molecule has 1 saturated carbocycles. The predicted octanol–water partition coefficient (Wildman–Crippen LogP) is 5.09. The number of nitrogens with one attached hydrogen (secondary N) is 2. The number of nitrogens with zero attached hydrogens (tertiary/aromatic N) is 1. The number of fused-ring (bicyclic) bond motifs is 1. The number of amides is 2. The third-order valence-electron chi connectivity index (χ3n) is 6.45. The highest BCUT2D eigenvalue weighted by molar-refractivity contribution is 5.94. The van der Waals surface area contributed by atoms with Crippen molar-refractivity contribution in [2.45, 2.75) is 58.2 Å². The Kier molecular flexibility index (Phi) is 5.75. The van der Waals surface area contributed by atoms with Crippen LogP contribution in [0.2, 0.25) is 0 Å². The summed E-state index contributed by atoms with van der Waals surface area (Å²) in [5.41, 5.74) is 5.42. The Labute approximate surface area is 178 Å². The minimum absolute atomic E-state index is 0.0198. The van der Waals surface area contributed by atoms with Gasteiger partial charge in [-0.1, -0.05) is 6.07 Å². The largest absolute Gasteiger partial charge is 0.496 e. The molecule has 2 aliphatic rings. The van der Waals surface area contributed by atoms with Crippen LogP contribution in [-0.4, -0.2) is 37.2 Å². The van der Waals surface area contributed by atoms with Crippen molar-refractivity contribution < 1.29 is 14.3 Å². The molecule has 2 aromatic carbocycles. The Morgan fingerprint density at radius 2 is 1.67 bits per heavy atom. The second-order valence-corrected chi connectivity index (χ2v) is 8.33. The number of hydrogen-bond donors (Lipinski definition) is 2. The van der Waals surface area contributed by atoms with Gasteiger partial charge in [0.05, 0.1) is 26.5 Å². The normalized spacial score (nSPS) is 20.9. The van der Waals surface area contributed by atoms with E-state index >= 15 is 0 Å². The molecule has 0 atom stereocenters. The minimum atomic E-state index is -0.0198. The van der Waals surface area contributed by atoms with Gasteiger partial charge in [0.15, 0.2) is 0 Å². The summed E-state index contributed by atoms with van der Waals surface area (Å²) in [5, 5.41) is 6.73. The van der Waals surface area contributed by atoms with Crippen molar-refractivity contribution in [1.29, 1.82) is 0 Å². The first-order valence-corrected chi connectivity index (χ1v) is 10.7. The molecule has 6 nitrogen and oxygen atoms in total. The number of methoxy groups -OCH3 is 2. The highest BCUT2D eigenvalue weighted by Gasteiger charge is 2.33. The van der Waals surface area contributed by atoms with E-state index in [-0.39, 0.29) is 12.1 Å². The second-order valence-electron chi connectivity index (χ2n) is 8.33. The van der Waals surface area contributed by atoms with Gasteiger partial charge in [0.2, 0.25) is 0 Å². The zero-order valence-corrected chi connectivity index (χ0v) is 18.2. The third-order valence-corrected chi connectivity index (χ3v) is 6.45. The number of ether oxygens (including phenoxy) is 2. The van der Waals surface area contributed by atoms with Gasteiger partial charge >= 0.3 is 6.03 Å². The minimum Gasteiger partial charge on any atom is -0.496 e. The van der Waals surface area contributed by atoms with Crippen molar-refractivity contribution in [2.24, 2.45) is 0 Å². The molecule has 0 unspecified atom stereocenters. The van der Waals surface area contributed by atoms with Crippen molar-refractivity contribution >= 4 is 17.4 Å². The second kappa shape index (κ2) is 8.46. The average molecular weight is 410 g/mol. The van der Waals surface area contributed by atoms with Crippen LogP contribution in [0.3, 0.4) is 0 Å². The molecule has 6 heteroatoms. The number of urea groups is 1. The molecule has 2 aromatic rings. The molecule has 0 aromatic heterocycles. The van der Waals surface area contributed by atoms with Crippen molar-refractivity contribution in [2.75, 3.05) is 24.9 Å². The highest BCUT2D eigenvalue weighted by Crippen LogP contribution is 2.37. The van der Waals surface area contributed by atoms with Crippen LogP contribution in [-0.2, 0) is 6.54 Å². The molecule has 2 amide bonds. The van der Waals surface area contributed by atoms with Gasteiger partial charge in [0, 0.05) is 23.3 Å². The summed E-state index contributed by atoms with van der Waals surface area (Å²) in [6.45, 7) is 4.79. The monoisotopic (exact) mass is 409 g/mol. The van der Waals surface area contributed by atoms with Crippen molar-refractivity contribution in [3.63, 3.8) is 0 Å². The molecule has 1 heterocycles. The Balaban J connectivity index is 1.40. The summed E-state index contributed by atoms with van der Waals surface area (Å²) in [6.07, 6.45) is 4.09. The van der Waals surface area contributed by atoms with Gasteiger partial charge < -0.3 is 25.0 Å². The Morgan fingerprint density at radius 3 is 2.33 bits per heavy atom. The molecule has 0 saturated heterocycles. The van der Waals surface area contributed by atoms with Gasteiger partial charge in [-0.25, -0.2) is 4.79 Å². The topological polar surface area (TPSA) is 62.8 Å². The van der Waals surface area contributed by atoms with Crippen LogP contribution >= 0.6 is 0 Å². The van der Waals surface area contributed by atoms with Crippen LogP contribution in [0.4, 0.5) is 16.2 Å². The summed E-state index contributed by atoms with van der Waals surface area (Å²) in [7, 11) is 3.34. The van der Waals surface area contributed by atoms with E-state index in [1.807, 2.05) is 17.0 Å². The molecule has 2 N–H and O–H groups in total. The van der Waals surface area contributed by atoms with E-state index in [0.717, 1.165) is 59.7 Å². The standard InChI is InChI=1S/C24H31N3O3/c1-15-5-11-22(30-4)23-20(15)14-27(24(28)26-23)19-9-6-17(7-10-19)25-18-8-12-21(29-3)16(2)13-18/h5,8,11-13,17,19,25H,6-7,9-10,14H2,1-4H3,(H,26,28). The molecular weight excluding hydrogens is 378 g/mol. The maximum Gasteiger partial charge on any atom is 0.322 e. The third kappa shape index (κ3) is 3.91. The number of carbonyl (C=O) groups excluding carboxylic acids is 1. The van der Waals surface area contributed by atoms with Gasteiger partial charge in [-0.3, -0.25) is 0 Å². The van der Waals surface area contributed by atoms with E-state index in [1.54, 1.807) is 14.2 Å². The lowest BCUT2D eigenvalue weighted by molar-refractivity contribution is 0.157. The van der Waals surface area contributed by atoms with Crippen LogP contribution in [0, 0.1) is 13.8 Å². The fourth-order valence-electron chi connectivity index (χ4n) is 4.69. The highest BCUT2D eigenvalue weighted by atomic mass is 16.5. The van der Waals surface area contributed by atoms with E-state index in [2.05, 4.69) is 42.7 Å². The summed E-state index contributed by atoms with van der Waals surface area (Å²) in [6, 6.07) is 10.9. The lowest BCUT2D eigenvalue weighted by atomic mass is 9.89. The first-order valence-electron chi connectivity index (χ1n) is 10.7. The van der Waals surface area contributed by atoms with Gasteiger partial charge in [0.1, 0.15) is 11.5 Å². The Morgan fingerprint density at radius 1 is 0.967 bits per heavy atom. The van der Waals surface area contributed by atoms with Crippen molar-refractivity contribution in [3.8, 4) is 11.5 Å². The van der Waals surface area contributed by atoms with Crippen LogP contribution in [0.15, 0.2) is 30.3 Å². The van der Waals surface area contributed by atoms with E-state index in [4.69, 9.17) is 9.47 Å². The lowest BCUT2D eigenvalue weighted by Gasteiger charge is -2.40. The van der Waals surface area contributed by atoms with Crippen LogP contribution in [0.25, 0.3) is 0 Å². The van der Waals surface area contributed by atoms with Gasteiger partial charge in [-0.15, -0.1) is 0 Å². The summed E-state index contributed by atoms with van der Waals surface area (Å²) in [5.74, 6) is 1.64. The molecule has 30 heavy (non-hydrogen) atoms. The van der Waals surface area contributed by atoms with Gasteiger partial charge in [-0.05, 0) is 74.9 Å². The maximum absolute atomic E-state index is 12.8. The zero-order valence-electron chi connectivity index (χ0n) is 18.2. The van der Waals surface area contributed by atoms with E-state index in [0.29, 0.717) is 12.6 Å².